The van der Waals surface area contributed by atoms with Crippen LogP contribution in [0.3, 0.4) is 0 Å². The molecule has 0 amide bonds. The minimum atomic E-state index is -4.66. The van der Waals surface area contributed by atoms with Crippen LogP contribution in [0.2, 0.25) is 0 Å². The van der Waals surface area contributed by atoms with E-state index in [9.17, 15) is 19.3 Å². The fourth-order valence-electron chi connectivity index (χ4n) is 1.86. The molecule has 1 aliphatic heterocycles. The molecule has 0 saturated carbocycles. The molecule has 0 radical (unpaired) electrons. The highest BCUT2D eigenvalue weighted by molar-refractivity contribution is 7.46. The molecule has 4 N–H and O–H groups in total. The Morgan fingerprint density at radius 1 is 1.50 bits per heavy atom. The zero-order valence-corrected chi connectivity index (χ0v) is 11.0. The van der Waals surface area contributed by atoms with E-state index in [-0.39, 0.29) is 6.42 Å². The predicted molar refractivity (Wildman–Crippen MR) is 63.9 cm³/mol. The maximum Gasteiger partial charge on any atom is 0.469 e. The second-order valence-corrected chi connectivity index (χ2v) is 5.48. The molecule has 112 valence electrons. The van der Waals surface area contributed by atoms with Crippen molar-refractivity contribution in [2.75, 3.05) is 6.61 Å². The number of nitrogens with one attached hydrogen (secondary N) is 1. The SMILES string of the molecule is O=c1ccn([C@@H]2C[C@H](O)[C@H](COP(=O)(O)O)O2)c(=O)[nH]1. The van der Waals surface area contributed by atoms with Gasteiger partial charge >= 0.3 is 13.5 Å². The van der Waals surface area contributed by atoms with Crippen LogP contribution in [0.1, 0.15) is 12.6 Å². The molecule has 3 atom stereocenters. The topological polar surface area (TPSA) is 151 Å². The summed E-state index contributed by atoms with van der Waals surface area (Å²) < 4.78 is 21.2. The molecule has 11 heteroatoms. The highest BCUT2D eigenvalue weighted by Gasteiger charge is 2.36. The average molecular weight is 308 g/mol. The van der Waals surface area contributed by atoms with Gasteiger partial charge in [-0.05, 0) is 0 Å². The molecule has 1 saturated heterocycles. The van der Waals surface area contributed by atoms with Gasteiger partial charge in [0.05, 0.1) is 12.7 Å². The summed E-state index contributed by atoms with van der Waals surface area (Å²) in [4.78, 5) is 41.7. The van der Waals surface area contributed by atoms with Crippen LogP contribution in [-0.4, -0.2) is 43.3 Å². The van der Waals surface area contributed by atoms with Gasteiger partial charge in [0, 0.05) is 18.7 Å². The molecule has 1 aromatic heterocycles. The Hall–Kier alpha value is -1.29. The first kappa shape index (κ1) is 15.1. The van der Waals surface area contributed by atoms with E-state index in [1.165, 1.54) is 6.20 Å². The van der Waals surface area contributed by atoms with Gasteiger partial charge in [-0.25, -0.2) is 9.36 Å². The van der Waals surface area contributed by atoms with Gasteiger partial charge < -0.3 is 19.6 Å². The second kappa shape index (κ2) is 5.60. The van der Waals surface area contributed by atoms with Crippen molar-refractivity contribution in [3.63, 3.8) is 0 Å². The van der Waals surface area contributed by atoms with E-state index in [1.807, 2.05) is 4.98 Å². The number of hydrogen-bond acceptors (Lipinski definition) is 6. The highest BCUT2D eigenvalue weighted by atomic mass is 31.2. The lowest BCUT2D eigenvalue weighted by Gasteiger charge is -2.16. The third kappa shape index (κ3) is 3.63. The smallest absolute Gasteiger partial charge is 0.390 e. The number of rotatable bonds is 4. The van der Waals surface area contributed by atoms with Crippen molar-refractivity contribution in [1.82, 2.24) is 9.55 Å². The van der Waals surface area contributed by atoms with Gasteiger partial charge in [-0.3, -0.25) is 18.9 Å². The van der Waals surface area contributed by atoms with Crippen molar-refractivity contribution in [1.29, 1.82) is 0 Å². The molecule has 10 nitrogen and oxygen atoms in total. The normalized spacial score (nSPS) is 26.9. The summed E-state index contributed by atoms with van der Waals surface area (Å²) in [5, 5.41) is 9.72. The largest absolute Gasteiger partial charge is 0.469 e. The van der Waals surface area contributed by atoms with Gasteiger partial charge in [0.1, 0.15) is 12.3 Å². The molecule has 1 aromatic rings. The summed E-state index contributed by atoms with van der Waals surface area (Å²) in [6.45, 7) is -0.514. The van der Waals surface area contributed by atoms with Crippen molar-refractivity contribution in [2.45, 2.75) is 24.9 Å². The molecule has 1 aliphatic rings. The van der Waals surface area contributed by atoms with E-state index >= 15 is 0 Å². The number of ether oxygens (including phenoxy) is 1. The molecule has 20 heavy (non-hydrogen) atoms. The van der Waals surface area contributed by atoms with Crippen LogP contribution in [0.15, 0.2) is 21.9 Å². The number of nitrogens with zero attached hydrogens (tertiary/aromatic N) is 1. The number of aliphatic hydroxyl groups excluding tert-OH is 1. The minimum absolute atomic E-state index is 0.0289. The number of aromatic nitrogens is 2. The molecule has 2 rings (SSSR count). The molecule has 0 spiro atoms. The molecule has 0 unspecified atom stereocenters. The molecule has 0 aromatic carbocycles. The van der Waals surface area contributed by atoms with Crippen LogP contribution < -0.4 is 11.2 Å². The molecular formula is C9H13N2O8P. The van der Waals surface area contributed by atoms with Crippen LogP contribution in [-0.2, 0) is 13.8 Å². The summed E-state index contributed by atoms with van der Waals surface area (Å²) in [6.07, 6.45) is -1.64. The number of phosphoric ester groups is 1. The van der Waals surface area contributed by atoms with Crippen molar-refractivity contribution in [3.8, 4) is 0 Å². The van der Waals surface area contributed by atoms with Gasteiger partial charge in [-0.15, -0.1) is 0 Å². The van der Waals surface area contributed by atoms with Crippen LogP contribution in [0.5, 0.6) is 0 Å². The van der Waals surface area contributed by atoms with Crippen molar-refractivity contribution < 1.29 is 28.7 Å². The predicted octanol–water partition coefficient (Wildman–Crippen LogP) is -1.71. The van der Waals surface area contributed by atoms with Crippen LogP contribution in [0.25, 0.3) is 0 Å². The van der Waals surface area contributed by atoms with Crippen LogP contribution in [0, 0.1) is 0 Å². The Morgan fingerprint density at radius 3 is 2.80 bits per heavy atom. The number of aliphatic hydroxyl groups is 1. The lowest BCUT2D eigenvalue weighted by molar-refractivity contribution is -0.0450. The number of phosphoric acid groups is 1. The van der Waals surface area contributed by atoms with Gasteiger partial charge in [-0.2, -0.15) is 0 Å². The Bertz CT molecular complexity index is 633. The van der Waals surface area contributed by atoms with E-state index in [2.05, 4.69) is 4.52 Å². The molecular weight excluding hydrogens is 295 g/mol. The Kier molecular flexibility index (Phi) is 4.23. The summed E-state index contributed by atoms with van der Waals surface area (Å²) in [6, 6.07) is 1.12. The van der Waals surface area contributed by atoms with Gasteiger partial charge in [0.15, 0.2) is 0 Å². The fourth-order valence-corrected chi connectivity index (χ4v) is 2.20. The van der Waals surface area contributed by atoms with Crippen LogP contribution in [0.4, 0.5) is 0 Å². The lowest BCUT2D eigenvalue weighted by atomic mass is 10.2. The zero-order valence-electron chi connectivity index (χ0n) is 10.1. The zero-order chi connectivity index (χ0) is 14.9. The van der Waals surface area contributed by atoms with E-state index in [4.69, 9.17) is 14.5 Å². The lowest BCUT2D eigenvalue weighted by Crippen LogP contribution is -2.31. The van der Waals surface area contributed by atoms with E-state index in [1.54, 1.807) is 0 Å². The summed E-state index contributed by atoms with van der Waals surface area (Å²) in [5.41, 5.74) is -1.27. The Balaban J connectivity index is 2.08. The molecule has 1 fully saturated rings. The van der Waals surface area contributed by atoms with Gasteiger partial charge in [0.2, 0.25) is 0 Å². The summed E-state index contributed by atoms with van der Waals surface area (Å²) in [7, 11) is -4.66. The van der Waals surface area contributed by atoms with Gasteiger partial charge in [-0.1, -0.05) is 0 Å². The summed E-state index contributed by atoms with van der Waals surface area (Å²) >= 11 is 0. The number of H-pyrrole nitrogens is 1. The van der Waals surface area contributed by atoms with Crippen molar-refractivity contribution >= 4 is 7.82 Å². The standard InChI is InChI=1S/C9H13N2O8P/c12-5-3-8(11-2-1-7(13)10-9(11)14)19-6(5)4-18-20(15,16)17/h1-2,5-6,8,12H,3-4H2,(H,10,13,14)(H2,15,16,17)/t5-,6-,8-/m0/s1. The summed E-state index contributed by atoms with van der Waals surface area (Å²) in [5.74, 6) is 0. The third-order valence-electron chi connectivity index (χ3n) is 2.77. The molecule has 2 heterocycles. The maximum atomic E-state index is 11.5. The maximum absolute atomic E-state index is 11.5. The van der Waals surface area contributed by atoms with E-state index in [0.29, 0.717) is 0 Å². The van der Waals surface area contributed by atoms with E-state index in [0.717, 1.165) is 10.6 Å². The Labute approximate surface area is 111 Å². The number of hydrogen-bond donors (Lipinski definition) is 4. The number of aromatic amines is 1. The first-order chi connectivity index (χ1) is 9.26. The second-order valence-electron chi connectivity index (χ2n) is 4.24. The molecule has 0 bridgehead atoms. The first-order valence-electron chi connectivity index (χ1n) is 5.61. The minimum Gasteiger partial charge on any atom is -0.390 e. The third-order valence-corrected chi connectivity index (χ3v) is 3.26. The fraction of sp³-hybridized carbons (Fsp3) is 0.556. The highest BCUT2D eigenvalue weighted by Crippen LogP contribution is 2.37. The van der Waals surface area contributed by atoms with Crippen LogP contribution >= 0.6 is 7.82 Å². The van der Waals surface area contributed by atoms with Crippen molar-refractivity contribution in [2.24, 2.45) is 0 Å². The monoisotopic (exact) mass is 308 g/mol. The van der Waals surface area contributed by atoms with Crippen molar-refractivity contribution in [3.05, 3.63) is 33.1 Å². The quantitative estimate of drug-likeness (QED) is 0.480. The van der Waals surface area contributed by atoms with Gasteiger partial charge in [0.25, 0.3) is 5.56 Å². The Morgan fingerprint density at radius 2 is 2.20 bits per heavy atom. The molecule has 0 aliphatic carbocycles. The first-order valence-corrected chi connectivity index (χ1v) is 7.14. The van der Waals surface area contributed by atoms with E-state index < -0.39 is 44.1 Å². The average Bonchev–Trinajstić information content (AvgIpc) is 2.67.